The summed E-state index contributed by atoms with van der Waals surface area (Å²) in [5.41, 5.74) is 2.09. The van der Waals surface area contributed by atoms with Crippen molar-refractivity contribution in [2.24, 2.45) is 0 Å². The molecule has 0 aliphatic carbocycles. The first-order chi connectivity index (χ1) is 14.4. The molecule has 0 unspecified atom stereocenters. The Morgan fingerprint density at radius 1 is 1.17 bits per heavy atom. The maximum atomic E-state index is 12.2. The number of hydrogen-bond donors (Lipinski definition) is 2. The minimum atomic E-state index is -0.261. The van der Waals surface area contributed by atoms with Gasteiger partial charge in [-0.25, -0.2) is 4.98 Å². The molecule has 0 spiro atoms. The summed E-state index contributed by atoms with van der Waals surface area (Å²) in [6.45, 7) is 3.79. The van der Waals surface area contributed by atoms with E-state index in [1.807, 2.05) is 31.2 Å². The average molecular weight is 412 g/mol. The highest BCUT2D eigenvalue weighted by Gasteiger charge is 2.31. The number of aromatic nitrogens is 2. The monoisotopic (exact) mass is 412 g/mol. The number of amides is 2. The normalized spacial score (nSPS) is 21.0. The Bertz CT molecular complexity index is 854. The SMILES string of the molecule is COc1ccc([C@H]2C[C@@H](NC(C)=O)C[C@@H](CCNC(=O)c3cnc(C)cn3)O2)cc1. The molecule has 0 radical (unpaired) electrons. The molecule has 2 aromatic rings. The molecule has 1 aromatic carbocycles. The van der Waals surface area contributed by atoms with Crippen molar-refractivity contribution in [2.75, 3.05) is 13.7 Å². The largest absolute Gasteiger partial charge is 0.497 e. The van der Waals surface area contributed by atoms with Gasteiger partial charge >= 0.3 is 0 Å². The van der Waals surface area contributed by atoms with Gasteiger partial charge in [-0.1, -0.05) is 12.1 Å². The molecule has 3 atom stereocenters. The molecule has 2 heterocycles. The van der Waals surface area contributed by atoms with E-state index >= 15 is 0 Å². The van der Waals surface area contributed by atoms with Gasteiger partial charge in [0.1, 0.15) is 11.4 Å². The number of methoxy groups -OCH3 is 1. The second-order valence-electron chi connectivity index (χ2n) is 7.48. The van der Waals surface area contributed by atoms with Crippen molar-refractivity contribution in [2.45, 2.75) is 51.4 Å². The lowest BCUT2D eigenvalue weighted by Gasteiger charge is -2.36. The van der Waals surface area contributed by atoms with Gasteiger partial charge in [-0.2, -0.15) is 0 Å². The topological polar surface area (TPSA) is 102 Å². The van der Waals surface area contributed by atoms with Gasteiger partial charge < -0.3 is 20.1 Å². The fourth-order valence-corrected chi connectivity index (χ4v) is 3.59. The van der Waals surface area contributed by atoms with Gasteiger partial charge in [-0.3, -0.25) is 14.6 Å². The van der Waals surface area contributed by atoms with Crippen LogP contribution in [0, 0.1) is 6.92 Å². The molecular formula is C22H28N4O4. The van der Waals surface area contributed by atoms with Crippen LogP contribution in [0.25, 0.3) is 0 Å². The van der Waals surface area contributed by atoms with Crippen molar-refractivity contribution in [1.82, 2.24) is 20.6 Å². The third-order valence-electron chi connectivity index (χ3n) is 5.06. The van der Waals surface area contributed by atoms with Crippen molar-refractivity contribution in [3.8, 4) is 5.75 Å². The Kier molecular flexibility index (Phi) is 7.35. The van der Waals surface area contributed by atoms with Crippen LogP contribution >= 0.6 is 0 Å². The van der Waals surface area contributed by atoms with Crippen LogP contribution in [0.2, 0.25) is 0 Å². The first-order valence-corrected chi connectivity index (χ1v) is 10.1. The molecule has 3 rings (SSSR count). The van der Waals surface area contributed by atoms with Crippen LogP contribution in [0.15, 0.2) is 36.7 Å². The van der Waals surface area contributed by atoms with E-state index in [2.05, 4.69) is 20.6 Å². The van der Waals surface area contributed by atoms with Crippen molar-refractivity contribution in [3.63, 3.8) is 0 Å². The first-order valence-electron chi connectivity index (χ1n) is 10.1. The van der Waals surface area contributed by atoms with Crippen LogP contribution in [-0.2, 0) is 9.53 Å². The summed E-state index contributed by atoms with van der Waals surface area (Å²) in [4.78, 5) is 32.0. The summed E-state index contributed by atoms with van der Waals surface area (Å²) < 4.78 is 11.5. The highest BCUT2D eigenvalue weighted by molar-refractivity contribution is 5.91. The zero-order chi connectivity index (χ0) is 21.5. The molecule has 30 heavy (non-hydrogen) atoms. The molecule has 1 aliphatic heterocycles. The lowest BCUT2D eigenvalue weighted by Crippen LogP contribution is -2.43. The average Bonchev–Trinajstić information content (AvgIpc) is 2.73. The zero-order valence-corrected chi connectivity index (χ0v) is 17.6. The molecular weight excluding hydrogens is 384 g/mol. The van der Waals surface area contributed by atoms with Crippen LogP contribution in [0.4, 0.5) is 0 Å². The molecule has 160 valence electrons. The Labute approximate surface area is 176 Å². The van der Waals surface area contributed by atoms with Crippen molar-refractivity contribution < 1.29 is 19.1 Å². The van der Waals surface area contributed by atoms with Crippen molar-refractivity contribution in [1.29, 1.82) is 0 Å². The molecule has 1 aromatic heterocycles. The van der Waals surface area contributed by atoms with Gasteiger partial charge in [-0.15, -0.1) is 0 Å². The van der Waals surface area contributed by atoms with Gasteiger partial charge in [0.15, 0.2) is 0 Å². The fourth-order valence-electron chi connectivity index (χ4n) is 3.59. The summed E-state index contributed by atoms with van der Waals surface area (Å²) in [7, 11) is 1.63. The highest BCUT2D eigenvalue weighted by atomic mass is 16.5. The smallest absolute Gasteiger partial charge is 0.271 e. The number of benzene rings is 1. The van der Waals surface area contributed by atoms with Gasteiger partial charge in [0.2, 0.25) is 5.91 Å². The van der Waals surface area contributed by atoms with E-state index in [9.17, 15) is 9.59 Å². The van der Waals surface area contributed by atoms with Gasteiger partial charge in [0.25, 0.3) is 5.91 Å². The third kappa shape index (κ3) is 6.00. The summed E-state index contributed by atoms with van der Waals surface area (Å²) in [5.74, 6) is 0.468. The molecule has 1 fully saturated rings. The minimum Gasteiger partial charge on any atom is -0.497 e. The van der Waals surface area contributed by atoms with E-state index in [4.69, 9.17) is 9.47 Å². The maximum Gasteiger partial charge on any atom is 0.271 e. The highest BCUT2D eigenvalue weighted by Crippen LogP contribution is 2.33. The van der Waals surface area contributed by atoms with Crippen molar-refractivity contribution >= 4 is 11.8 Å². The summed E-state index contributed by atoms with van der Waals surface area (Å²) in [6, 6.07) is 7.78. The number of nitrogens with zero attached hydrogens (tertiary/aromatic N) is 2. The van der Waals surface area contributed by atoms with E-state index in [1.54, 1.807) is 13.3 Å². The summed E-state index contributed by atoms with van der Waals surface area (Å²) in [6.07, 6.45) is 4.84. The van der Waals surface area contributed by atoms with Gasteiger partial charge in [0.05, 0.1) is 31.2 Å². The lowest BCUT2D eigenvalue weighted by molar-refractivity contribution is -0.122. The Morgan fingerprint density at radius 2 is 1.93 bits per heavy atom. The predicted molar refractivity (Wildman–Crippen MR) is 111 cm³/mol. The number of aryl methyl sites for hydroxylation is 1. The predicted octanol–water partition coefficient (Wildman–Crippen LogP) is 2.34. The Morgan fingerprint density at radius 3 is 2.57 bits per heavy atom. The quantitative estimate of drug-likeness (QED) is 0.724. The molecule has 0 saturated carbocycles. The molecule has 8 nitrogen and oxygen atoms in total. The van der Waals surface area contributed by atoms with Crippen molar-refractivity contribution in [3.05, 3.63) is 53.6 Å². The van der Waals surface area contributed by atoms with Gasteiger partial charge in [0, 0.05) is 25.7 Å². The Hall–Kier alpha value is -3.00. The molecule has 2 amide bonds. The summed E-state index contributed by atoms with van der Waals surface area (Å²) >= 11 is 0. The zero-order valence-electron chi connectivity index (χ0n) is 17.6. The van der Waals surface area contributed by atoms with E-state index in [-0.39, 0.29) is 35.8 Å². The fraction of sp³-hybridized carbons (Fsp3) is 0.455. The minimum absolute atomic E-state index is 0.0204. The van der Waals surface area contributed by atoms with E-state index in [0.717, 1.165) is 17.0 Å². The number of rotatable bonds is 7. The van der Waals surface area contributed by atoms with E-state index < -0.39 is 0 Å². The molecule has 1 saturated heterocycles. The van der Waals surface area contributed by atoms with Crippen LogP contribution in [0.5, 0.6) is 5.75 Å². The molecule has 2 N–H and O–H groups in total. The van der Waals surface area contributed by atoms with E-state index in [0.29, 0.717) is 25.8 Å². The number of ether oxygens (including phenoxy) is 2. The molecule has 8 heteroatoms. The van der Waals surface area contributed by atoms with Crippen LogP contribution in [0.3, 0.4) is 0 Å². The molecule has 0 bridgehead atoms. The van der Waals surface area contributed by atoms with Gasteiger partial charge in [-0.05, 0) is 43.9 Å². The van der Waals surface area contributed by atoms with E-state index in [1.165, 1.54) is 13.1 Å². The van der Waals surface area contributed by atoms with Crippen LogP contribution in [-0.4, -0.2) is 47.6 Å². The maximum absolute atomic E-state index is 12.2. The summed E-state index contributed by atoms with van der Waals surface area (Å²) in [5, 5.41) is 5.88. The van der Waals surface area contributed by atoms with Crippen LogP contribution in [0.1, 0.15) is 54.0 Å². The second kappa shape index (κ2) is 10.2. The number of carbonyl (C=O) groups excluding carboxylic acids is 2. The Balaban J connectivity index is 1.59. The number of nitrogens with one attached hydrogen (secondary N) is 2. The third-order valence-corrected chi connectivity index (χ3v) is 5.06. The first kappa shape index (κ1) is 21.7. The number of hydrogen-bond acceptors (Lipinski definition) is 6. The number of carbonyl (C=O) groups is 2. The standard InChI is InChI=1S/C22H28N4O4/c1-14-12-25-20(13-24-14)22(28)23-9-8-19-10-17(26-15(2)27)11-21(30-19)16-4-6-18(29-3)7-5-16/h4-7,12-13,17,19,21H,8-11H2,1-3H3,(H,23,28)(H,26,27)/t17-,19+,21+/m0/s1. The lowest BCUT2D eigenvalue weighted by atomic mass is 9.93. The molecule has 1 aliphatic rings. The second-order valence-corrected chi connectivity index (χ2v) is 7.48. The van der Waals surface area contributed by atoms with Crippen LogP contribution < -0.4 is 15.4 Å².